The monoisotopic (exact) mass is 542 g/mol. The predicted octanol–water partition coefficient (Wildman–Crippen LogP) is 6.42. The van der Waals surface area contributed by atoms with E-state index in [9.17, 15) is 17.6 Å². The van der Waals surface area contributed by atoms with Crippen LogP contribution in [0.5, 0.6) is 5.75 Å². The lowest BCUT2D eigenvalue weighted by atomic mass is 10.0. The molecule has 0 amide bonds. The average molecular weight is 543 g/mol. The summed E-state index contributed by atoms with van der Waals surface area (Å²) in [5.41, 5.74) is 6.26. The first-order chi connectivity index (χ1) is 18.1. The van der Waals surface area contributed by atoms with E-state index in [4.69, 9.17) is 12.2 Å². The molecular formula is C26H22F4N6OS. The molecule has 2 N–H and O–H groups in total. The molecule has 1 aromatic heterocycles. The first-order valence-corrected chi connectivity index (χ1v) is 11.8. The number of alkyl halides is 3. The van der Waals surface area contributed by atoms with Gasteiger partial charge in [0.25, 0.3) is 0 Å². The highest BCUT2D eigenvalue weighted by atomic mass is 32.1. The van der Waals surface area contributed by atoms with Crippen molar-refractivity contribution < 1.29 is 22.3 Å². The van der Waals surface area contributed by atoms with E-state index in [1.807, 2.05) is 26.0 Å². The molecule has 196 valence electrons. The molecule has 0 atom stereocenters. The van der Waals surface area contributed by atoms with Gasteiger partial charge in [0.05, 0.1) is 11.9 Å². The zero-order valence-electron chi connectivity index (χ0n) is 20.2. The molecule has 0 spiro atoms. The molecule has 0 aliphatic heterocycles. The molecule has 0 fully saturated rings. The highest BCUT2D eigenvalue weighted by Gasteiger charge is 2.31. The van der Waals surface area contributed by atoms with Crippen molar-refractivity contribution in [3.63, 3.8) is 0 Å². The third kappa shape index (κ3) is 7.13. The number of thiocarbonyl (C=S) groups is 1. The molecule has 0 unspecified atom stereocenters. The maximum absolute atomic E-state index is 13.7. The number of ether oxygens (including phenoxy) is 1. The number of halogens is 4. The van der Waals surface area contributed by atoms with E-state index in [1.54, 1.807) is 24.4 Å². The van der Waals surface area contributed by atoms with E-state index in [2.05, 4.69) is 30.7 Å². The number of hydrogen-bond donors (Lipinski definition) is 2. The quantitative estimate of drug-likeness (QED) is 0.122. The second-order valence-electron chi connectivity index (χ2n) is 8.39. The second-order valence-corrected chi connectivity index (χ2v) is 8.80. The van der Waals surface area contributed by atoms with Gasteiger partial charge in [0, 0.05) is 11.3 Å². The number of benzene rings is 3. The zero-order valence-corrected chi connectivity index (χ0v) is 21.0. The van der Waals surface area contributed by atoms with Gasteiger partial charge in [-0.25, -0.2) is 14.1 Å². The molecule has 0 bridgehead atoms. The van der Waals surface area contributed by atoms with Crippen LogP contribution in [0.3, 0.4) is 0 Å². The van der Waals surface area contributed by atoms with Gasteiger partial charge in [-0.05, 0) is 65.7 Å². The summed E-state index contributed by atoms with van der Waals surface area (Å²) in [7, 11) is 0. The second kappa shape index (κ2) is 11.4. The summed E-state index contributed by atoms with van der Waals surface area (Å²) in [5.74, 6) is -0.0684. The Balaban J connectivity index is 1.35. The largest absolute Gasteiger partial charge is 0.573 e. The van der Waals surface area contributed by atoms with Crippen LogP contribution in [-0.4, -0.2) is 32.5 Å². The number of hydrogen-bond acceptors (Lipinski definition) is 5. The summed E-state index contributed by atoms with van der Waals surface area (Å²) >= 11 is 5.26. The zero-order chi connectivity index (χ0) is 27.3. The highest BCUT2D eigenvalue weighted by Crippen LogP contribution is 2.26. The molecule has 7 nitrogen and oxygen atoms in total. The Morgan fingerprint density at radius 1 is 1.05 bits per heavy atom. The van der Waals surface area contributed by atoms with Crippen LogP contribution >= 0.6 is 12.2 Å². The maximum Gasteiger partial charge on any atom is 0.573 e. The van der Waals surface area contributed by atoms with Crippen molar-refractivity contribution in [1.29, 1.82) is 0 Å². The van der Waals surface area contributed by atoms with Crippen molar-refractivity contribution in [1.82, 2.24) is 20.2 Å². The summed E-state index contributed by atoms with van der Waals surface area (Å²) in [5, 5.41) is 11.7. The summed E-state index contributed by atoms with van der Waals surface area (Å²) in [6.45, 7) is 4.01. The van der Waals surface area contributed by atoms with Crippen LogP contribution < -0.4 is 15.5 Å². The van der Waals surface area contributed by atoms with Gasteiger partial charge in [-0.3, -0.25) is 5.43 Å². The Labute approximate surface area is 221 Å². The molecule has 3 aromatic carbocycles. The lowest BCUT2D eigenvalue weighted by Crippen LogP contribution is -2.24. The average Bonchev–Trinajstić information content (AvgIpc) is 3.34. The first kappa shape index (κ1) is 26.7. The lowest BCUT2D eigenvalue weighted by Gasteiger charge is -2.14. The van der Waals surface area contributed by atoms with Crippen molar-refractivity contribution in [3.05, 3.63) is 90.0 Å². The van der Waals surface area contributed by atoms with Gasteiger partial charge in [0.15, 0.2) is 10.9 Å². The minimum atomic E-state index is -4.75. The molecule has 0 radical (unpaired) electrons. The maximum atomic E-state index is 13.7. The molecule has 0 aliphatic carbocycles. The SMILES string of the molecule is CC(C)c1ccc(F)cc1NC(=S)N/N=C/c1ccc(-c2ncn(-c3ccc(OC(F)(F)F)cc3)n2)cc1. The predicted molar refractivity (Wildman–Crippen MR) is 141 cm³/mol. The van der Waals surface area contributed by atoms with E-state index in [-0.39, 0.29) is 22.6 Å². The van der Waals surface area contributed by atoms with Gasteiger partial charge >= 0.3 is 6.36 Å². The van der Waals surface area contributed by atoms with Crippen molar-refractivity contribution in [2.45, 2.75) is 26.1 Å². The van der Waals surface area contributed by atoms with E-state index in [0.29, 0.717) is 17.2 Å². The third-order valence-electron chi connectivity index (χ3n) is 5.26. The molecular weight excluding hydrogens is 520 g/mol. The van der Waals surface area contributed by atoms with Gasteiger partial charge in [-0.2, -0.15) is 5.10 Å². The Morgan fingerprint density at radius 3 is 2.42 bits per heavy atom. The number of hydrazone groups is 1. The number of nitrogens with zero attached hydrogens (tertiary/aromatic N) is 4. The molecule has 12 heteroatoms. The van der Waals surface area contributed by atoms with Gasteiger partial charge < -0.3 is 10.1 Å². The molecule has 38 heavy (non-hydrogen) atoms. The van der Waals surface area contributed by atoms with Crippen LogP contribution in [0.25, 0.3) is 17.1 Å². The number of aromatic nitrogens is 3. The van der Waals surface area contributed by atoms with Crippen LogP contribution in [0.4, 0.5) is 23.2 Å². The Bertz CT molecular complexity index is 1430. The molecule has 4 aromatic rings. The van der Waals surface area contributed by atoms with Gasteiger partial charge in [-0.15, -0.1) is 18.3 Å². The minimum Gasteiger partial charge on any atom is -0.406 e. The van der Waals surface area contributed by atoms with E-state index in [0.717, 1.165) is 16.7 Å². The molecule has 0 saturated heterocycles. The van der Waals surface area contributed by atoms with Gasteiger partial charge in [0.1, 0.15) is 17.9 Å². The Hall–Kier alpha value is -4.32. The highest BCUT2D eigenvalue weighted by molar-refractivity contribution is 7.80. The minimum absolute atomic E-state index is 0.183. The normalized spacial score (nSPS) is 11.7. The van der Waals surface area contributed by atoms with Crippen LogP contribution in [0.15, 0.2) is 78.2 Å². The van der Waals surface area contributed by atoms with Crippen LogP contribution in [0.2, 0.25) is 0 Å². The summed E-state index contributed by atoms with van der Waals surface area (Å²) < 4.78 is 56.0. The third-order valence-corrected chi connectivity index (χ3v) is 5.45. The smallest absolute Gasteiger partial charge is 0.406 e. The first-order valence-electron chi connectivity index (χ1n) is 11.4. The standard InChI is InChI=1S/C26H22F4N6OS/c1-16(2)22-12-7-19(27)13-23(22)33-25(38)34-32-14-17-3-5-18(6-4-17)24-31-15-36(35-24)20-8-10-21(11-9-20)37-26(28,29)30/h3-16H,1-2H3,(H2,33,34,38)/b32-14+. The van der Waals surface area contributed by atoms with E-state index < -0.39 is 6.36 Å². The van der Waals surface area contributed by atoms with E-state index >= 15 is 0 Å². The summed E-state index contributed by atoms with van der Waals surface area (Å²) in [6.07, 6.45) is -1.72. The van der Waals surface area contributed by atoms with Crippen LogP contribution in [0.1, 0.15) is 30.9 Å². The summed E-state index contributed by atoms with van der Waals surface area (Å²) in [4.78, 5) is 4.27. The number of rotatable bonds is 7. The topological polar surface area (TPSA) is 76.4 Å². The molecule has 0 saturated carbocycles. The molecule has 1 heterocycles. The van der Waals surface area contributed by atoms with E-state index in [1.165, 1.54) is 47.4 Å². The fourth-order valence-electron chi connectivity index (χ4n) is 3.49. The Morgan fingerprint density at radius 2 is 1.76 bits per heavy atom. The van der Waals surface area contributed by atoms with Gasteiger partial charge in [-0.1, -0.05) is 44.2 Å². The van der Waals surface area contributed by atoms with Crippen molar-refractivity contribution >= 4 is 29.2 Å². The van der Waals surface area contributed by atoms with Crippen molar-refractivity contribution in [2.75, 3.05) is 5.32 Å². The van der Waals surface area contributed by atoms with Gasteiger partial charge in [0.2, 0.25) is 0 Å². The Kier molecular flexibility index (Phi) is 8.01. The van der Waals surface area contributed by atoms with Crippen molar-refractivity contribution in [2.24, 2.45) is 5.10 Å². The fraction of sp³-hybridized carbons (Fsp3) is 0.154. The molecule has 0 aliphatic rings. The molecule has 4 rings (SSSR count). The summed E-state index contributed by atoms with van der Waals surface area (Å²) in [6, 6.07) is 17.0. The number of nitrogens with one attached hydrogen (secondary N) is 2. The fourth-order valence-corrected chi connectivity index (χ4v) is 3.66. The van der Waals surface area contributed by atoms with Crippen LogP contribution in [0, 0.1) is 5.82 Å². The van der Waals surface area contributed by atoms with Crippen molar-refractivity contribution in [3.8, 4) is 22.8 Å². The number of anilines is 1. The van der Waals surface area contributed by atoms with Crippen LogP contribution in [-0.2, 0) is 0 Å². The lowest BCUT2D eigenvalue weighted by molar-refractivity contribution is -0.274.